The van der Waals surface area contributed by atoms with Crippen molar-refractivity contribution in [1.29, 1.82) is 0 Å². The Balaban J connectivity index is 0.778. The van der Waals surface area contributed by atoms with E-state index in [0.29, 0.717) is 46.0 Å². The zero-order valence-corrected chi connectivity index (χ0v) is 46.6. The molecular formula is C55H70ClFN10O7S2. The van der Waals surface area contributed by atoms with E-state index in [1.807, 2.05) is 37.3 Å². The number of alkyl halides is 1. The number of ether oxygens (including phenoxy) is 1. The van der Waals surface area contributed by atoms with E-state index in [0.717, 1.165) is 79.1 Å². The number of aliphatic hydroxyl groups excluding tert-OH is 1. The number of likely N-dealkylation sites (tertiary alicyclic amines) is 2. The number of hydrogen-bond acceptors (Lipinski definition) is 14. The number of piperidine rings is 2. The molecule has 5 heterocycles. The molecular weight excluding hydrogens is 1030 g/mol. The van der Waals surface area contributed by atoms with Gasteiger partial charge in [0.15, 0.2) is 5.67 Å². The van der Waals surface area contributed by atoms with Gasteiger partial charge in [-0.3, -0.25) is 24.0 Å². The Morgan fingerprint density at radius 1 is 1.01 bits per heavy atom. The molecule has 2 aliphatic carbocycles. The van der Waals surface area contributed by atoms with Crippen molar-refractivity contribution in [3.8, 4) is 16.2 Å². The van der Waals surface area contributed by atoms with Crippen LogP contribution in [0.5, 0.6) is 5.75 Å². The van der Waals surface area contributed by atoms with Crippen LogP contribution in [0.15, 0.2) is 64.2 Å². The molecule has 3 saturated heterocycles. The fourth-order valence-corrected chi connectivity index (χ4v) is 12.8. The molecule has 5 aliphatic rings. The first-order valence-electron chi connectivity index (χ1n) is 26.3. The Labute approximate surface area is 457 Å². The van der Waals surface area contributed by atoms with Crippen LogP contribution in [0.4, 0.5) is 15.9 Å². The molecule has 76 heavy (non-hydrogen) atoms. The SMILES string of the molecule is Cc1ncsc1-c1ccc(CNC(=O)C2CC(O)CN2C(=O)[C@@H](NC(=O)C2(F)CC2)C(C)(C)C)c(OC2CC3(CCN(C(=O)CC(=O)N(C)c4cccc(Sc5cnc(N6CCC(C)(CN)CC6)cn5)c4Cl)CC3)C2)c1. The molecule has 1 spiro atoms. The van der Waals surface area contributed by atoms with Crippen LogP contribution in [-0.4, -0.2) is 136 Å². The monoisotopic (exact) mass is 1100 g/mol. The molecule has 5 N–H and O–H groups in total. The molecule has 17 nitrogen and oxygen atoms in total. The van der Waals surface area contributed by atoms with E-state index in [1.165, 1.54) is 32.9 Å². The van der Waals surface area contributed by atoms with Crippen LogP contribution in [-0.2, 0) is 30.5 Å². The van der Waals surface area contributed by atoms with Crippen LogP contribution < -0.4 is 30.9 Å². The third kappa shape index (κ3) is 12.2. The number of aromatic nitrogens is 3. The highest BCUT2D eigenvalue weighted by Gasteiger charge is 2.54. The molecule has 2 aromatic carbocycles. The summed E-state index contributed by atoms with van der Waals surface area (Å²) in [6.45, 7) is 12.9. The molecule has 2 aromatic heterocycles. The van der Waals surface area contributed by atoms with Crippen molar-refractivity contribution in [1.82, 2.24) is 35.4 Å². The van der Waals surface area contributed by atoms with Crippen molar-refractivity contribution < 1.29 is 38.2 Å². The van der Waals surface area contributed by atoms with E-state index >= 15 is 0 Å². The van der Waals surface area contributed by atoms with Gasteiger partial charge < -0.3 is 45.8 Å². The highest BCUT2D eigenvalue weighted by Crippen LogP contribution is 2.51. The Bertz CT molecular complexity index is 2820. The van der Waals surface area contributed by atoms with Gasteiger partial charge in [-0.25, -0.2) is 19.3 Å². The predicted octanol–water partition coefficient (Wildman–Crippen LogP) is 7.09. The van der Waals surface area contributed by atoms with Crippen LogP contribution in [0, 0.1) is 23.2 Å². The van der Waals surface area contributed by atoms with Crippen LogP contribution in [0.3, 0.4) is 0 Å². The van der Waals surface area contributed by atoms with E-state index in [9.17, 15) is 33.5 Å². The molecule has 9 rings (SSSR count). The number of amides is 5. The number of nitrogens with zero attached hydrogens (tertiary/aromatic N) is 7. The summed E-state index contributed by atoms with van der Waals surface area (Å²) in [5.41, 5.74) is 8.16. The Morgan fingerprint density at radius 2 is 1.74 bits per heavy atom. The molecule has 408 valence electrons. The largest absolute Gasteiger partial charge is 0.490 e. The van der Waals surface area contributed by atoms with Crippen molar-refractivity contribution in [2.45, 2.75) is 145 Å². The summed E-state index contributed by atoms with van der Waals surface area (Å²) in [7, 11) is 1.63. The second-order valence-corrected chi connectivity index (χ2v) is 25.3. The number of carbonyl (C=O) groups excluding carboxylic acids is 5. The Morgan fingerprint density at radius 3 is 2.37 bits per heavy atom. The number of aryl methyl sites for hydroxylation is 1. The maximum atomic E-state index is 14.7. The van der Waals surface area contributed by atoms with E-state index in [-0.39, 0.29) is 67.5 Å². The molecule has 3 aliphatic heterocycles. The lowest BCUT2D eigenvalue weighted by molar-refractivity contribution is -0.145. The van der Waals surface area contributed by atoms with Crippen LogP contribution in [0.25, 0.3) is 10.4 Å². The van der Waals surface area contributed by atoms with Crippen LogP contribution in [0.2, 0.25) is 5.02 Å². The van der Waals surface area contributed by atoms with Gasteiger partial charge in [0.2, 0.25) is 23.6 Å². The van der Waals surface area contributed by atoms with Crippen molar-refractivity contribution in [2.75, 3.05) is 56.1 Å². The Kier molecular flexibility index (Phi) is 16.1. The topological polar surface area (TPSA) is 217 Å². The summed E-state index contributed by atoms with van der Waals surface area (Å²) >= 11 is 9.79. The molecule has 3 atom stereocenters. The average Bonchev–Trinajstić information content (AvgIpc) is 3.79. The minimum atomic E-state index is -1.99. The van der Waals surface area contributed by atoms with E-state index in [1.54, 1.807) is 56.7 Å². The summed E-state index contributed by atoms with van der Waals surface area (Å²) in [6, 6.07) is 9.18. The summed E-state index contributed by atoms with van der Waals surface area (Å²) in [4.78, 5) is 90.2. The number of carbonyl (C=O) groups is 5. The fraction of sp³-hybridized carbons (Fsp3) is 0.564. The summed E-state index contributed by atoms with van der Waals surface area (Å²) in [6.07, 6.45) is 7.42. The van der Waals surface area contributed by atoms with E-state index < -0.39 is 47.0 Å². The maximum Gasteiger partial charge on any atom is 0.258 e. The number of hydrogen-bond donors (Lipinski definition) is 4. The van der Waals surface area contributed by atoms with Gasteiger partial charge in [0, 0.05) is 63.2 Å². The standard InChI is InChI=1S/C55H70ClFN10O7S2/c1-33-47(75-32-62-33)34-10-11-35(27-61-49(71)39-23-36(68)30-67(39)50(72)48(52(2,3)4)63-51(73)55(57)12-13-55)40(22-34)74-37-25-54(26-37)16-20-66(21-17-54)45(70)24-44(69)64(6)38-8-7-9-41(46(38)56)76-43-29-59-42(28-60-43)65-18-14-53(5,31-58)15-19-65/h7-11,22,28-29,32,36-37,39,48,68H,12-21,23-27,30-31,58H2,1-6H3,(H,61,71)(H,63,73)/t36?,39?,48-/m1/s1. The van der Waals surface area contributed by atoms with Crippen LogP contribution in [0.1, 0.15) is 103 Å². The lowest BCUT2D eigenvalue weighted by Gasteiger charge is -2.51. The third-order valence-corrected chi connectivity index (χ3v) is 18.7. The molecule has 21 heteroatoms. The minimum absolute atomic E-state index is 0.00879. The van der Waals surface area contributed by atoms with Gasteiger partial charge in [-0.2, -0.15) is 0 Å². The van der Waals surface area contributed by atoms with Gasteiger partial charge in [-0.05, 0) is 105 Å². The first-order chi connectivity index (χ1) is 36.1. The zero-order valence-electron chi connectivity index (χ0n) is 44.2. The van der Waals surface area contributed by atoms with Gasteiger partial charge in [-0.1, -0.05) is 69.3 Å². The number of β-amino-alcohol motifs (C(OH)–C–C–N with tert-alkyl or cyclic N) is 1. The lowest BCUT2D eigenvalue weighted by atomic mass is 9.61. The van der Waals surface area contributed by atoms with Crippen LogP contribution >= 0.6 is 34.7 Å². The highest BCUT2D eigenvalue weighted by atomic mass is 35.5. The fourth-order valence-electron chi connectivity index (χ4n) is 10.8. The van der Waals surface area contributed by atoms with Gasteiger partial charge in [-0.15, -0.1) is 11.3 Å². The van der Waals surface area contributed by atoms with Gasteiger partial charge in [0.25, 0.3) is 5.91 Å². The number of rotatable bonds is 16. The minimum Gasteiger partial charge on any atom is -0.490 e. The van der Waals surface area contributed by atoms with Crippen molar-refractivity contribution in [3.63, 3.8) is 0 Å². The third-order valence-electron chi connectivity index (χ3n) is 16.3. The highest BCUT2D eigenvalue weighted by molar-refractivity contribution is 7.99. The number of thiazole rings is 1. The summed E-state index contributed by atoms with van der Waals surface area (Å²) < 4.78 is 21.5. The summed E-state index contributed by atoms with van der Waals surface area (Å²) in [5, 5.41) is 17.4. The van der Waals surface area contributed by atoms with Gasteiger partial charge >= 0.3 is 0 Å². The second-order valence-electron chi connectivity index (χ2n) is 23.0. The molecule has 5 fully saturated rings. The van der Waals surface area contributed by atoms with Gasteiger partial charge in [0.1, 0.15) is 35.1 Å². The normalized spacial score (nSPS) is 21.2. The molecule has 0 radical (unpaired) electrons. The first kappa shape index (κ1) is 55.3. The predicted molar refractivity (Wildman–Crippen MR) is 291 cm³/mol. The molecule has 2 saturated carbocycles. The average molecular weight is 1100 g/mol. The molecule has 2 unspecified atom stereocenters. The number of anilines is 2. The number of aliphatic hydroxyl groups is 1. The maximum absolute atomic E-state index is 14.7. The van der Waals surface area contributed by atoms with Crippen molar-refractivity contribution in [2.24, 2.45) is 22.0 Å². The number of nitrogens with two attached hydrogens (primary N) is 1. The Hall–Kier alpha value is -5.41. The zero-order chi connectivity index (χ0) is 54.3. The van der Waals surface area contributed by atoms with E-state index in [4.69, 9.17) is 22.1 Å². The van der Waals surface area contributed by atoms with Gasteiger partial charge in [0.05, 0.1) is 51.4 Å². The van der Waals surface area contributed by atoms with Crippen molar-refractivity contribution >= 4 is 75.7 Å². The molecule has 4 aromatic rings. The molecule has 5 amide bonds. The number of halogens is 2. The van der Waals surface area contributed by atoms with E-state index in [2.05, 4.69) is 37.4 Å². The molecule has 0 bridgehead atoms. The quantitative estimate of drug-likeness (QED) is 0.0826. The van der Waals surface area contributed by atoms with Crippen molar-refractivity contribution in [3.05, 3.63) is 70.6 Å². The first-order valence-corrected chi connectivity index (χ1v) is 28.4. The smallest absolute Gasteiger partial charge is 0.258 e. The summed E-state index contributed by atoms with van der Waals surface area (Å²) in [5.74, 6) is -1.03. The number of nitrogens with one attached hydrogen (secondary N) is 2. The number of benzene rings is 2. The second kappa shape index (κ2) is 22.1. The lowest BCUT2D eigenvalue weighted by Crippen LogP contribution is -2.59.